The van der Waals surface area contributed by atoms with Crippen LogP contribution < -0.4 is 5.32 Å². The smallest absolute Gasteiger partial charge is 0.234 e. The Bertz CT molecular complexity index is 422. The van der Waals surface area contributed by atoms with E-state index in [-0.39, 0.29) is 5.91 Å². The molecule has 2 aliphatic rings. The molecule has 0 atom stereocenters. The van der Waals surface area contributed by atoms with Gasteiger partial charge in [0.05, 0.1) is 18.7 Å². The zero-order valence-corrected chi connectivity index (χ0v) is 11.1. The lowest BCUT2D eigenvalue weighted by atomic mass is 9.89. The van der Waals surface area contributed by atoms with E-state index in [0.29, 0.717) is 32.1 Å². The van der Waals surface area contributed by atoms with Crippen molar-refractivity contribution in [3.63, 3.8) is 0 Å². The van der Waals surface area contributed by atoms with Gasteiger partial charge in [0.25, 0.3) is 0 Å². The molecule has 0 aromatic carbocycles. The Hall–Kier alpha value is -0.910. The average Bonchev–Trinajstić information content (AvgIpc) is 3.03. The Morgan fingerprint density at radius 3 is 2.94 bits per heavy atom. The highest BCUT2D eigenvalue weighted by molar-refractivity contribution is 7.09. The van der Waals surface area contributed by atoms with E-state index in [9.17, 15) is 9.90 Å². The first-order chi connectivity index (χ1) is 8.66. The molecule has 0 spiro atoms. The molecule has 0 unspecified atom stereocenters. The molecule has 1 aliphatic heterocycles. The number of carbonyl (C=O) groups excluding carboxylic acids is 1. The van der Waals surface area contributed by atoms with Gasteiger partial charge in [0.15, 0.2) is 0 Å². The van der Waals surface area contributed by atoms with Crippen molar-refractivity contribution in [1.29, 1.82) is 0 Å². The summed E-state index contributed by atoms with van der Waals surface area (Å²) in [6, 6.07) is 4.00. The number of aliphatic hydroxyl groups is 1. The Labute approximate surface area is 111 Å². The van der Waals surface area contributed by atoms with Gasteiger partial charge in [-0.05, 0) is 30.2 Å². The van der Waals surface area contributed by atoms with Crippen molar-refractivity contribution in [2.45, 2.75) is 25.0 Å². The first-order valence-corrected chi connectivity index (χ1v) is 7.27. The van der Waals surface area contributed by atoms with E-state index in [1.54, 1.807) is 11.3 Å². The lowest BCUT2D eigenvalue weighted by Gasteiger charge is -2.46. The van der Waals surface area contributed by atoms with E-state index in [2.05, 4.69) is 5.32 Å². The fourth-order valence-electron chi connectivity index (χ4n) is 2.58. The highest BCUT2D eigenvalue weighted by Gasteiger charge is 2.51. The summed E-state index contributed by atoms with van der Waals surface area (Å²) in [6.45, 7) is 2.33. The number of hydrogen-bond donors (Lipinski definition) is 2. The minimum atomic E-state index is -0.492. The van der Waals surface area contributed by atoms with Crippen molar-refractivity contribution < 1.29 is 9.90 Å². The molecule has 2 N–H and O–H groups in total. The lowest BCUT2D eigenvalue weighted by Crippen LogP contribution is -2.64. The number of thiophene rings is 1. The normalized spacial score (nSPS) is 22.5. The molecule has 3 rings (SSSR count). The second-order valence-corrected chi connectivity index (χ2v) is 6.41. The quantitative estimate of drug-likeness (QED) is 0.829. The zero-order valence-electron chi connectivity index (χ0n) is 10.3. The summed E-state index contributed by atoms with van der Waals surface area (Å²) in [5, 5.41) is 15.1. The minimum absolute atomic E-state index is 0.0428. The molecule has 1 aromatic rings. The van der Waals surface area contributed by atoms with Gasteiger partial charge in [-0.15, -0.1) is 11.3 Å². The summed E-state index contributed by atoms with van der Waals surface area (Å²) >= 11 is 1.65. The number of hydrogen-bond acceptors (Lipinski definition) is 4. The van der Waals surface area contributed by atoms with Crippen LogP contribution in [0.3, 0.4) is 0 Å². The summed E-state index contributed by atoms with van der Waals surface area (Å²) in [5.41, 5.74) is -0.492. The highest BCUT2D eigenvalue weighted by Crippen LogP contribution is 2.44. The van der Waals surface area contributed by atoms with E-state index >= 15 is 0 Å². The van der Waals surface area contributed by atoms with Gasteiger partial charge in [-0.1, -0.05) is 6.07 Å². The number of carbonyl (C=O) groups is 1. The van der Waals surface area contributed by atoms with Crippen LogP contribution in [0.2, 0.25) is 0 Å². The molecular formula is C13H18N2O2S. The Kier molecular flexibility index (Phi) is 3.13. The van der Waals surface area contributed by atoms with Crippen LogP contribution in [0.1, 0.15) is 17.7 Å². The fraction of sp³-hybridized carbons (Fsp3) is 0.615. The van der Waals surface area contributed by atoms with Crippen molar-refractivity contribution in [2.75, 3.05) is 19.6 Å². The van der Waals surface area contributed by atoms with Gasteiger partial charge in [0.2, 0.25) is 5.91 Å². The van der Waals surface area contributed by atoms with Crippen molar-refractivity contribution in [3.8, 4) is 0 Å². The molecule has 1 saturated carbocycles. The summed E-state index contributed by atoms with van der Waals surface area (Å²) < 4.78 is 0. The molecule has 18 heavy (non-hydrogen) atoms. The topological polar surface area (TPSA) is 52.6 Å². The second-order valence-electron chi connectivity index (χ2n) is 5.38. The first-order valence-electron chi connectivity index (χ1n) is 6.39. The first kappa shape index (κ1) is 12.1. The lowest BCUT2D eigenvalue weighted by molar-refractivity contribution is -0.136. The van der Waals surface area contributed by atoms with E-state index in [1.165, 1.54) is 4.88 Å². The predicted molar refractivity (Wildman–Crippen MR) is 70.3 cm³/mol. The Morgan fingerprint density at radius 2 is 2.33 bits per heavy atom. The SMILES string of the molecule is O=C(CN1CC(O)(C2CC2)C1)NCc1cccs1. The van der Waals surface area contributed by atoms with Crippen LogP contribution in [0.4, 0.5) is 0 Å². The molecule has 1 saturated heterocycles. The van der Waals surface area contributed by atoms with Crippen molar-refractivity contribution >= 4 is 17.2 Å². The third kappa shape index (κ3) is 2.58. The summed E-state index contributed by atoms with van der Waals surface area (Å²) in [7, 11) is 0. The summed E-state index contributed by atoms with van der Waals surface area (Å²) in [5.74, 6) is 0.532. The molecule has 1 aliphatic carbocycles. The minimum Gasteiger partial charge on any atom is -0.387 e. The van der Waals surface area contributed by atoms with Gasteiger partial charge in [-0.25, -0.2) is 0 Å². The number of nitrogens with one attached hydrogen (secondary N) is 1. The largest absolute Gasteiger partial charge is 0.387 e. The molecule has 2 heterocycles. The van der Waals surface area contributed by atoms with Crippen molar-refractivity contribution in [3.05, 3.63) is 22.4 Å². The van der Waals surface area contributed by atoms with Crippen LogP contribution in [0.15, 0.2) is 17.5 Å². The van der Waals surface area contributed by atoms with Gasteiger partial charge < -0.3 is 10.4 Å². The van der Waals surface area contributed by atoms with E-state index in [0.717, 1.165) is 12.8 Å². The number of nitrogens with zero attached hydrogens (tertiary/aromatic N) is 1. The predicted octanol–water partition coefficient (Wildman–Crippen LogP) is 0.821. The van der Waals surface area contributed by atoms with E-state index in [1.807, 2.05) is 22.4 Å². The molecular weight excluding hydrogens is 248 g/mol. The summed E-state index contributed by atoms with van der Waals surface area (Å²) in [4.78, 5) is 14.9. The number of β-amino-alcohol motifs (C(OH)–C–C–N with tert-alkyl or cyclic N) is 1. The van der Waals surface area contributed by atoms with Crippen LogP contribution in [0.5, 0.6) is 0 Å². The third-order valence-electron chi connectivity index (χ3n) is 3.74. The van der Waals surface area contributed by atoms with Crippen LogP contribution in [0.25, 0.3) is 0 Å². The monoisotopic (exact) mass is 266 g/mol. The fourth-order valence-corrected chi connectivity index (χ4v) is 3.22. The summed E-state index contributed by atoms with van der Waals surface area (Å²) in [6.07, 6.45) is 2.30. The maximum Gasteiger partial charge on any atom is 0.234 e. The number of likely N-dealkylation sites (tertiary alicyclic amines) is 1. The standard InChI is InChI=1S/C13H18N2O2S/c16-12(14-6-11-2-1-5-18-11)7-15-8-13(17,9-15)10-3-4-10/h1-2,5,10,17H,3-4,6-9H2,(H,14,16). The average molecular weight is 266 g/mol. The van der Waals surface area contributed by atoms with Crippen LogP contribution in [0, 0.1) is 5.92 Å². The zero-order chi connectivity index (χ0) is 12.6. The van der Waals surface area contributed by atoms with Gasteiger partial charge in [0.1, 0.15) is 0 Å². The van der Waals surface area contributed by atoms with Gasteiger partial charge in [0, 0.05) is 18.0 Å². The van der Waals surface area contributed by atoms with Crippen LogP contribution in [-0.4, -0.2) is 41.1 Å². The van der Waals surface area contributed by atoms with Gasteiger partial charge in [-0.3, -0.25) is 9.69 Å². The molecule has 0 radical (unpaired) electrons. The highest BCUT2D eigenvalue weighted by atomic mass is 32.1. The molecule has 0 bridgehead atoms. The number of rotatable bonds is 5. The van der Waals surface area contributed by atoms with Crippen LogP contribution >= 0.6 is 11.3 Å². The maximum absolute atomic E-state index is 11.7. The molecule has 1 aromatic heterocycles. The van der Waals surface area contributed by atoms with Gasteiger partial charge >= 0.3 is 0 Å². The van der Waals surface area contributed by atoms with Crippen molar-refractivity contribution in [2.24, 2.45) is 5.92 Å². The number of amides is 1. The van der Waals surface area contributed by atoms with E-state index in [4.69, 9.17) is 0 Å². The Morgan fingerprint density at radius 1 is 1.56 bits per heavy atom. The molecule has 98 valence electrons. The Balaban J connectivity index is 1.37. The maximum atomic E-state index is 11.7. The van der Waals surface area contributed by atoms with E-state index < -0.39 is 5.60 Å². The molecule has 5 heteroatoms. The van der Waals surface area contributed by atoms with Gasteiger partial charge in [-0.2, -0.15) is 0 Å². The third-order valence-corrected chi connectivity index (χ3v) is 4.62. The second kappa shape index (κ2) is 4.64. The van der Waals surface area contributed by atoms with Crippen molar-refractivity contribution in [1.82, 2.24) is 10.2 Å². The molecule has 4 nitrogen and oxygen atoms in total. The molecule has 1 amide bonds. The molecule has 2 fully saturated rings. The van der Waals surface area contributed by atoms with Crippen LogP contribution in [-0.2, 0) is 11.3 Å².